The minimum absolute atomic E-state index is 0.167. The van der Waals surface area contributed by atoms with E-state index < -0.39 is 0 Å². The minimum atomic E-state index is 0.167. The summed E-state index contributed by atoms with van der Waals surface area (Å²) >= 11 is 0. The van der Waals surface area contributed by atoms with Gasteiger partial charge < -0.3 is 14.9 Å². The molecule has 0 spiro atoms. The number of hydrogen-bond donors (Lipinski definition) is 1. The number of aromatic nitrogens is 1. The molecule has 0 amide bonds. The van der Waals surface area contributed by atoms with Crippen LogP contribution in [-0.2, 0) is 0 Å². The van der Waals surface area contributed by atoms with Gasteiger partial charge in [0.25, 0.3) is 0 Å². The number of pyridine rings is 1. The van der Waals surface area contributed by atoms with Crippen molar-refractivity contribution in [3.05, 3.63) is 24.4 Å². The molecule has 4 nitrogen and oxygen atoms in total. The lowest BCUT2D eigenvalue weighted by atomic mass is 10.2. The van der Waals surface area contributed by atoms with Crippen LogP contribution in [0.5, 0.6) is 0 Å². The van der Waals surface area contributed by atoms with E-state index in [0.29, 0.717) is 6.54 Å². The molecule has 0 fully saturated rings. The van der Waals surface area contributed by atoms with Gasteiger partial charge in [-0.1, -0.05) is 32.8 Å². The maximum atomic E-state index is 9.26. The average Bonchev–Trinajstić information content (AvgIpc) is 2.53. The number of aliphatic hydroxyl groups excluding tert-OH is 1. The number of unbranched alkanes of at least 4 members (excludes halogenated alkanes) is 2. The number of rotatable bonds is 12. The third-order valence-corrected chi connectivity index (χ3v) is 3.69. The van der Waals surface area contributed by atoms with Crippen LogP contribution in [0.4, 0.5) is 5.82 Å². The van der Waals surface area contributed by atoms with Crippen molar-refractivity contribution in [2.75, 3.05) is 44.2 Å². The maximum Gasteiger partial charge on any atom is 0.128 e. The van der Waals surface area contributed by atoms with Crippen molar-refractivity contribution in [2.24, 2.45) is 0 Å². The molecule has 0 aliphatic heterocycles. The van der Waals surface area contributed by atoms with Crippen LogP contribution in [0.1, 0.15) is 39.5 Å². The third kappa shape index (κ3) is 7.44. The van der Waals surface area contributed by atoms with Gasteiger partial charge in [-0.3, -0.25) is 0 Å². The summed E-state index contributed by atoms with van der Waals surface area (Å²) in [6.45, 7) is 9.60. The second kappa shape index (κ2) is 11.5. The lowest BCUT2D eigenvalue weighted by Crippen LogP contribution is -2.38. The largest absolute Gasteiger partial charge is 0.395 e. The van der Waals surface area contributed by atoms with Gasteiger partial charge in [0.05, 0.1) is 6.61 Å². The fourth-order valence-corrected chi connectivity index (χ4v) is 2.36. The van der Waals surface area contributed by atoms with Crippen LogP contribution in [0, 0.1) is 0 Å². The summed E-state index contributed by atoms with van der Waals surface area (Å²) in [5.41, 5.74) is 0. The molecule has 0 bridgehead atoms. The normalized spacial score (nSPS) is 11.0. The second-order valence-electron chi connectivity index (χ2n) is 5.45. The number of aliphatic hydroxyl groups is 1. The first-order valence-corrected chi connectivity index (χ1v) is 8.31. The van der Waals surface area contributed by atoms with Crippen LogP contribution in [0.25, 0.3) is 0 Å². The zero-order valence-electron chi connectivity index (χ0n) is 13.7. The Morgan fingerprint density at radius 1 is 0.952 bits per heavy atom. The lowest BCUT2D eigenvalue weighted by Gasteiger charge is -2.28. The van der Waals surface area contributed by atoms with Crippen molar-refractivity contribution in [2.45, 2.75) is 39.5 Å². The topological polar surface area (TPSA) is 39.6 Å². The molecule has 0 unspecified atom stereocenters. The van der Waals surface area contributed by atoms with Crippen LogP contribution < -0.4 is 4.90 Å². The predicted octanol–water partition coefficient (Wildman–Crippen LogP) is 2.78. The molecule has 4 heteroatoms. The smallest absolute Gasteiger partial charge is 0.128 e. The Bertz CT molecular complexity index is 337. The van der Waals surface area contributed by atoms with Crippen LogP contribution in [-0.4, -0.2) is 54.3 Å². The quantitative estimate of drug-likeness (QED) is 0.643. The molecule has 21 heavy (non-hydrogen) atoms. The van der Waals surface area contributed by atoms with E-state index in [1.165, 1.54) is 38.8 Å². The van der Waals surface area contributed by atoms with Gasteiger partial charge in [0.2, 0.25) is 0 Å². The molecule has 1 rings (SSSR count). The van der Waals surface area contributed by atoms with Crippen molar-refractivity contribution >= 4 is 5.82 Å². The summed E-state index contributed by atoms with van der Waals surface area (Å²) in [4.78, 5) is 9.11. The number of hydrogen-bond acceptors (Lipinski definition) is 4. The number of nitrogens with zero attached hydrogens (tertiary/aromatic N) is 3. The van der Waals surface area contributed by atoms with E-state index in [1.807, 2.05) is 24.4 Å². The molecule has 0 saturated heterocycles. The molecule has 0 aromatic carbocycles. The Morgan fingerprint density at radius 3 is 2.19 bits per heavy atom. The average molecular weight is 293 g/mol. The zero-order valence-corrected chi connectivity index (χ0v) is 13.7. The fourth-order valence-electron chi connectivity index (χ4n) is 2.36. The van der Waals surface area contributed by atoms with Crippen LogP contribution in [0.15, 0.2) is 24.4 Å². The second-order valence-corrected chi connectivity index (χ2v) is 5.45. The molecule has 0 saturated carbocycles. The first-order chi connectivity index (χ1) is 10.3. The standard InChI is InChI=1S/C17H31N3O/c1-3-5-11-19(12-6-4-2)13-14-20(15-16-21)17-9-7-8-10-18-17/h7-10,21H,3-6,11-16H2,1-2H3. The van der Waals surface area contributed by atoms with E-state index >= 15 is 0 Å². The van der Waals surface area contributed by atoms with E-state index in [1.54, 1.807) is 0 Å². The molecule has 120 valence electrons. The third-order valence-electron chi connectivity index (χ3n) is 3.69. The highest BCUT2D eigenvalue weighted by Gasteiger charge is 2.10. The molecule has 0 aliphatic carbocycles. The Morgan fingerprint density at radius 2 is 1.67 bits per heavy atom. The molecule has 0 radical (unpaired) electrons. The van der Waals surface area contributed by atoms with Crippen LogP contribution in [0.2, 0.25) is 0 Å². The predicted molar refractivity (Wildman–Crippen MR) is 89.8 cm³/mol. The van der Waals surface area contributed by atoms with E-state index in [4.69, 9.17) is 0 Å². The van der Waals surface area contributed by atoms with Gasteiger partial charge >= 0.3 is 0 Å². The Labute approximate surface area is 129 Å². The summed E-state index contributed by atoms with van der Waals surface area (Å²) in [5.74, 6) is 0.956. The van der Waals surface area contributed by atoms with Crippen LogP contribution >= 0.6 is 0 Å². The Balaban J connectivity index is 2.52. The molecular formula is C17H31N3O. The van der Waals surface area contributed by atoms with Gasteiger partial charge in [0, 0.05) is 25.8 Å². The SMILES string of the molecule is CCCCN(CCCC)CCN(CCO)c1ccccn1. The van der Waals surface area contributed by atoms with Gasteiger partial charge in [-0.2, -0.15) is 0 Å². The molecule has 0 atom stereocenters. The van der Waals surface area contributed by atoms with Gasteiger partial charge in [-0.05, 0) is 38.1 Å². The number of anilines is 1. The minimum Gasteiger partial charge on any atom is -0.395 e. The first kappa shape index (κ1) is 17.9. The lowest BCUT2D eigenvalue weighted by molar-refractivity contribution is 0.263. The summed E-state index contributed by atoms with van der Waals surface area (Å²) in [5, 5.41) is 9.26. The molecule has 1 heterocycles. The van der Waals surface area contributed by atoms with Crippen molar-refractivity contribution < 1.29 is 5.11 Å². The van der Waals surface area contributed by atoms with Crippen molar-refractivity contribution in [3.8, 4) is 0 Å². The van der Waals surface area contributed by atoms with E-state index in [2.05, 4.69) is 28.6 Å². The molecule has 0 aliphatic rings. The van der Waals surface area contributed by atoms with Crippen LogP contribution in [0.3, 0.4) is 0 Å². The Hall–Kier alpha value is -1.13. The molecular weight excluding hydrogens is 262 g/mol. The van der Waals surface area contributed by atoms with Crippen molar-refractivity contribution in [3.63, 3.8) is 0 Å². The highest BCUT2D eigenvalue weighted by Crippen LogP contribution is 2.09. The van der Waals surface area contributed by atoms with Gasteiger partial charge in [-0.15, -0.1) is 0 Å². The summed E-state index contributed by atoms with van der Waals surface area (Å²) < 4.78 is 0. The highest BCUT2D eigenvalue weighted by atomic mass is 16.3. The van der Waals surface area contributed by atoms with Gasteiger partial charge in [0.1, 0.15) is 5.82 Å². The van der Waals surface area contributed by atoms with Crippen molar-refractivity contribution in [1.82, 2.24) is 9.88 Å². The highest BCUT2D eigenvalue weighted by molar-refractivity contribution is 5.37. The zero-order chi connectivity index (χ0) is 15.3. The van der Waals surface area contributed by atoms with Crippen molar-refractivity contribution in [1.29, 1.82) is 0 Å². The molecule has 1 N–H and O–H groups in total. The van der Waals surface area contributed by atoms with Gasteiger partial charge in [0.15, 0.2) is 0 Å². The van der Waals surface area contributed by atoms with E-state index in [9.17, 15) is 5.11 Å². The summed E-state index contributed by atoms with van der Waals surface area (Å²) in [6.07, 6.45) is 6.80. The van der Waals surface area contributed by atoms with E-state index in [-0.39, 0.29) is 6.61 Å². The maximum absolute atomic E-state index is 9.26. The summed E-state index contributed by atoms with van der Waals surface area (Å²) in [7, 11) is 0. The fraction of sp³-hybridized carbons (Fsp3) is 0.706. The molecule has 1 aromatic heterocycles. The molecule has 1 aromatic rings. The Kier molecular flexibility index (Phi) is 9.83. The van der Waals surface area contributed by atoms with Gasteiger partial charge in [-0.25, -0.2) is 4.98 Å². The van der Waals surface area contributed by atoms with E-state index in [0.717, 1.165) is 18.9 Å². The first-order valence-electron chi connectivity index (χ1n) is 8.31. The monoisotopic (exact) mass is 293 g/mol. The summed E-state index contributed by atoms with van der Waals surface area (Å²) in [6, 6.07) is 5.94.